The second-order valence-corrected chi connectivity index (χ2v) is 5.06. The Kier molecular flexibility index (Phi) is 6.68. The lowest BCUT2D eigenvalue weighted by Crippen LogP contribution is -2.33. The van der Waals surface area contributed by atoms with Crippen LogP contribution < -0.4 is 0 Å². The molecule has 1 nitrogen and oxygen atoms in total. The highest BCUT2D eigenvalue weighted by Crippen LogP contribution is 2.15. The zero-order valence-corrected chi connectivity index (χ0v) is 11.7. The second-order valence-electron chi connectivity index (χ2n) is 4.29. The average molecular weight is 237 g/mol. The van der Waals surface area contributed by atoms with Gasteiger partial charge in [-0.2, -0.15) is 0 Å². The van der Waals surface area contributed by atoms with E-state index in [-0.39, 0.29) is 0 Å². The molecule has 1 rings (SSSR count). The minimum atomic E-state index is 0.572. The van der Waals surface area contributed by atoms with Gasteiger partial charge in [0.15, 0.2) is 0 Å². The molecule has 0 aromatic heterocycles. The SMILES string of the molecule is CCCN(CCC)C(P)Cc1ccccc1. The van der Waals surface area contributed by atoms with Crippen molar-refractivity contribution in [3.63, 3.8) is 0 Å². The monoisotopic (exact) mass is 237 g/mol. The van der Waals surface area contributed by atoms with Crippen LogP contribution in [0, 0.1) is 0 Å². The molecule has 2 heteroatoms. The first-order chi connectivity index (χ1) is 7.77. The first-order valence-corrected chi connectivity index (χ1v) is 6.98. The molecule has 0 spiro atoms. The molecule has 0 N–H and O–H groups in total. The molecular weight excluding hydrogens is 213 g/mol. The first kappa shape index (κ1) is 13.7. The second kappa shape index (κ2) is 7.81. The fourth-order valence-corrected chi connectivity index (χ4v) is 2.57. The van der Waals surface area contributed by atoms with E-state index in [1.54, 1.807) is 0 Å². The lowest BCUT2D eigenvalue weighted by atomic mass is 10.1. The van der Waals surface area contributed by atoms with E-state index in [1.165, 1.54) is 31.5 Å². The summed E-state index contributed by atoms with van der Waals surface area (Å²) in [6, 6.07) is 10.8. The van der Waals surface area contributed by atoms with Crippen molar-refractivity contribution in [1.29, 1.82) is 0 Å². The zero-order chi connectivity index (χ0) is 11.8. The van der Waals surface area contributed by atoms with Gasteiger partial charge in [-0.05, 0) is 37.9 Å². The van der Waals surface area contributed by atoms with Crippen LogP contribution in [-0.2, 0) is 6.42 Å². The van der Waals surface area contributed by atoms with E-state index in [9.17, 15) is 0 Å². The van der Waals surface area contributed by atoms with Crippen molar-refractivity contribution in [1.82, 2.24) is 4.90 Å². The van der Waals surface area contributed by atoms with Crippen LogP contribution in [0.5, 0.6) is 0 Å². The summed E-state index contributed by atoms with van der Waals surface area (Å²) in [7, 11) is 3.00. The molecule has 1 aromatic carbocycles. The summed E-state index contributed by atoms with van der Waals surface area (Å²) in [6.45, 7) is 6.91. The van der Waals surface area contributed by atoms with Crippen molar-refractivity contribution in [3.8, 4) is 0 Å². The molecule has 0 heterocycles. The highest BCUT2D eigenvalue weighted by molar-refractivity contribution is 7.17. The fourth-order valence-electron chi connectivity index (χ4n) is 2.00. The van der Waals surface area contributed by atoms with Gasteiger partial charge < -0.3 is 0 Å². The molecular formula is C14H24NP. The Hall–Kier alpha value is -0.390. The van der Waals surface area contributed by atoms with Gasteiger partial charge >= 0.3 is 0 Å². The largest absolute Gasteiger partial charge is 0.297 e. The number of nitrogens with zero attached hydrogens (tertiary/aromatic N) is 1. The maximum absolute atomic E-state index is 3.00. The predicted molar refractivity (Wildman–Crippen MR) is 75.8 cm³/mol. The van der Waals surface area contributed by atoms with Crippen molar-refractivity contribution < 1.29 is 0 Å². The lowest BCUT2D eigenvalue weighted by molar-refractivity contribution is 0.255. The molecule has 0 aliphatic carbocycles. The van der Waals surface area contributed by atoms with Gasteiger partial charge in [0.05, 0.1) is 0 Å². The molecule has 0 amide bonds. The van der Waals surface area contributed by atoms with E-state index in [1.807, 2.05) is 0 Å². The van der Waals surface area contributed by atoms with Gasteiger partial charge in [0, 0.05) is 5.78 Å². The minimum absolute atomic E-state index is 0.572. The van der Waals surface area contributed by atoms with E-state index in [2.05, 4.69) is 58.3 Å². The van der Waals surface area contributed by atoms with Gasteiger partial charge in [-0.3, -0.25) is 4.90 Å². The van der Waals surface area contributed by atoms with E-state index in [0.29, 0.717) is 5.78 Å². The van der Waals surface area contributed by atoms with Crippen LogP contribution in [0.4, 0.5) is 0 Å². The molecule has 0 saturated heterocycles. The van der Waals surface area contributed by atoms with Gasteiger partial charge in [-0.25, -0.2) is 0 Å². The van der Waals surface area contributed by atoms with Gasteiger partial charge in [-0.15, -0.1) is 9.24 Å². The highest BCUT2D eigenvalue weighted by Gasteiger charge is 2.12. The van der Waals surface area contributed by atoms with Crippen molar-refractivity contribution in [2.24, 2.45) is 0 Å². The summed E-state index contributed by atoms with van der Waals surface area (Å²) < 4.78 is 0. The Balaban J connectivity index is 2.51. The third-order valence-electron chi connectivity index (χ3n) is 2.78. The van der Waals surface area contributed by atoms with Crippen LogP contribution >= 0.6 is 9.24 Å². The summed E-state index contributed by atoms with van der Waals surface area (Å²) >= 11 is 0. The lowest BCUT2D eigenvalue weighted by Gasteiger charge is -2.28. The quantitative estimate of drug-likeness (QED) is 0.655. The van der Waals surface area contributed by atoms with E-state index in [0.717, 1.165) is 6.42 Å². The smallest absolute Gasteiger partial charge is 0.0279 e. The summed E-state index contributed by atoms with van der Waals surface area (Å²) in [5.74, 6) is 0.572. The van der Waals surface area contributed by atoms with Gasteiger partial charge in [-0.1, -0.05) is 44.2 Å². The van der Waals surface area contributed by atoms with Crippen LogP contribution in [-0.4, -0.2) is 23.8 Å². The summed E-state index contributed by atoms with van der Waals surface area (Å²) in [4.78, 5) is 2.57. The highest BCUT2D eigenvalue weighted by atomic mass is 31.0. The first-order valence-electron chi connectivity index (χ1n) is 6.31. The third-order valence-corrected chi connectivity index (χ3v) is 3.44. The summed E-state index contributed by atoms with van der Waals surface area (Å²) in [6.07, 6.45) is 3.60. The molecule has 90 valence electrons. The van der Waals surface area contributed by atoms with E-state index in [4.69, 9.17) is 0 Å². The van der Waals surface area contributed by atoms with Gasteiger partial charge in [0.2, 0.25) is 0 Å². The molecule has 0 aliphatic rings. The molecule has 0 bridgehead atoms. The minimum Gasteiger partial charge on any atom is -0.297 e. The van der Waals surface area contributed by atoms with E-state index >= 15 is 0 Å². The third kappa shape index (κ3) is 4.63. The Morgan fingerprint density at radius 2 is 1.62 bits per heavy atom. The molecule has 2 unspecified atom stereocenters. The van der Waals surface area contributed by atoms with Crippen molar-refractivity contribution in [3.05, 3.63) is 35.9 Å². The molecule has 0 saturated carbocycles. The van der Waals surface area contributed by atoms with Crippen LogP contribution in [0.3, 0.4) is 0 Å². The van der Waals surface area contributed by atoms with Crippen LogP contribution in [0.25, 0.3) is 0 Å². The zero-order valence-electron chi connectivity index (χ0n) is 10.5. The van der Waals surface area contributed by atoms with Crippen molar-refractivity contribution >= 4 is 9.24 Å². The topological polar surface area (TPSA) is 3.24 Å². The number of rotatable bonds is 7. The normalized spacial score (nSPS) is 13.0. The van der Waals surface area contributed by atoms with Gasteiger partial charge in [0.1, 0.15) is 0 Å². The maximum atomic E-state index is 3.00. The number of benzene rings is 1. The van der Waals surface area contributed by atoms with Crippen LogP contribution in [0.2, 0.25) is 0 Å². The summed E-state index contributed by atoms with van der Waals surface area (Å²) in [5, 5.41) is 0. The predicted octanol–water partition coefficient (Wildman–Crippen LogP) is 3.55. The Labute approximate surface area is 102 Å². The van der Waals surface area contributed by atoms with Crippen LogP contribution in [0.1, 0.15) is 32.3 Å². The molecule has 16 heavy (non-hydrogen) atoms. The summed E-state index contributed by atoms with van der Waals surface area (Å²) in [5.41, 5.74) is 1.43. The van der Waals surface area contributed by atoms with Gasteiger partial charge in [0.25, 0.3) is 0 Å². The Bertz CT molecular complexity index is 267. The Morgan fingerprint density at radius 1 is 1.06 bits per heavy atom. The molecule has 0 fully saturated rings. The standard InChI is InChI=1S/C14H24NP/c1-3-10-15(11-4-2)14(16)12-13-8-6-5-7-9-13/h5-9,14H,3-4,10-12,16H2,1-2H3. The fraction of sp³-hybridized carbons (Fsp3) is 0.571. The molecule has 0 aliphatic heterocycles. The van der Waals surface area contributed by atoms with Crippen molar-refractivity contribution in [2.75, 3.05) is 13.1 Å². The average Bonchev–Trinajstić information content (AvgIpc) is 2.30. The Morgan fingerprint density at radius 3 is 2.12 bits per heavy atom. The molecule has 1 aromatic rings. The number of hydrogen-bond acceptors (Lipinski definition) is 1. The van der Waals surface area contributed by atoms with E-state index < -0.39 is 0 Å². The maximum Gasteiger partial charge on any atom is 0.0279 e. The molecule has 0 radical (unpaired) electrons. The molecule has 2 atom stereocenters. The number of hydrogen-bond donors (Lipinski definition) is 0. The van der Waals surface area contributed by atoms with Crippen molar-refractivity contribution in [2.45, 2.75) is 38.9 Å². The van der Waals surface area contributed by atoms with Crippen LogP contribution in [0.15, 0.2) is 30.3 Å².